The van der Waals surface area contributed by atoms with Gasteiger partial charge < -0.3 is 10.0 Å². The summed E-state index contributed by atoms with van der Waals surface area (Å²) in [5.74, 6) is -0.843. The van der Waals surface area contributed by atoms with Crippen LogP contribution in [0.25, 0.3) is 5.69 Å². The maximum atomic E-state index is 12.9. The molecule has 1 saturated heterocycles. The summed E-state index contributed by atoms with van der Waals surface area (Å²) in [6, 6.07) is 11.1. The minimum absolute atomic E-state index is 0.0961. The number of hydrogen-bond acceptors (Lipinski definition) is 4. The zero-order chi connectivity index (χ0) is 19.6. The van der Waals surface area contributed by atoms with Crippen LogP contribution in [-0.2, 0) is 4.79 Å². The van der Waals surface area contributed by atoms with E-state index in [2.05, 4.69) is 11.2 Å². The quantitative estimate of drug-likeness (QED) is 0.891. The van der Waals surface area contributed by atoms with Crippen molar-refractivity contribution in [1.29, 1.82) is 5.26 Å². The first-order chi connectivity index (χ1) is 12.8. The number of aliphatic hydroxyl groups is 1. The van der Waals surface area contributed by atoms with E-state index >= 15 is 0 Å². The Kier molecular flexibility index (Phi) is 5.24. The van der Waals surface area contributed by atoms with Crippen molar-refractivity contribution in [3.8, 4) is 11.8 Å². The summed E-state index contributed by atoms with van der Waals surface area (Å²) in [7, 11) is 0. The van der Waals surface area contributed by atoms with Gasteiger partial charge in [-0.2, -0.15) is 10.4 Å². The molecule has 0 radical (unpaired) electrons. The summed E-state index contributed by atoms with van der Waals surface area (Å²) in [6.07, 6.45) is -0.298. The Bertz CT molecular complexity index is 865. The van der Waals surface area contributed by atoms with Crippen molar-refractivity contribution < 1.29 is 18.7 Å². The number of carbonyl (C=O) groups excluding carboxylic acids is 1. The minimum atomic E-state index is -3.13. The zero-order valence-corrected chi connectivity index (χ0v) is 14.8. The second kappa shape index (κ2) is 7.45. The molecular weight excluding hydrogens is 354 g/mol. The first-order valence-corrected chi connectivity index (χ1v) is 8.69. The fraction of sp³-hybridized carbons (Fsp3) is 0.421. The van der Waals surface area contributed by atoms with Crippen LogP contribution in [0, 0.1) is 11.3 Å². The predicted molar refractivity (Wildman–Crippen MR) is 93.5 cm³/mol. The topological polar surface area (TPSA) is 82.2 Å². The molecule has 0 bridgehead atoms. The number of likely N-dealkylation sites (tertiary alicyclic amines) is 1. The van der Waals surface area contributed by atoms with Crippen LogP contribution in [-0.4, -0.2) is 50.8 Å². The van der Waals surface area contributed by atoms with Crippen molar-refractivity contribution in [2.24, 2.45) is 0 Å². The van der Waals surface area contributed by atoms with Crippen LogP contribution >= 0.6 is 0 Å². The van der Waals surface area contributed by atoms with Gasteiger partial charge in [0.1, 0.15) is 0 Å². The molecular formula is C19H20F2N4O2. The largest absolute Gasteiger partial charge is 0.375 e. The monoisotopic (exact) mass is 374 g/mol. The molecule has 1 fully saturated rings. The second-order valence-electron chi connectivity index (χ2n) is 6.84. The minimum Gasteiger partial charge on any atom is -0.375 e. The lowest BCUT2D eigenvalue weighted by Gasteiger charge is -2.36. The molecule has 0 unspecified atom stereocenters. The SMILES string of the molecule is C[C@@](O)(C(=O)N1CCC(c2ccnn2-c2cccc(C#N)c2)CC1)C(F)F. The van der Waals surface area contributed by atoms with Gasteiger partial charge in [-0.05, 0) is 44.0 Å². The maximum absolute atomic E-state index is 12.9. The third-order valence-corrected chi connectivity index (χ3v) is 4.95. The van der Waals surface area contributed by atoms with Gasteiger partial charge in [0.2, 0.25) is 5.60 Å². The smallest absolute Gasteiger partial charge is 0.275 e. The number of rotatable bonds is 4. The summed E-state index contributed by atoms with van der Waals surface area (Å²) in [5, 5.41) is 23.1. The predicted octanol–water partition coefficient (Wildman–Crippen LogP) is 2.47. The number of halogens is 2. The molecule has 1 amide bonds. The molecule has 8 heteroatoms. The molecule has 2 aromatic rings. The summed E-state index contributed by atoms with van der Waals surface area (Å²) < 4.78 is 27.5. The average molecular weight is 374 g/mol. The van der Waals surface area contributed by atoms with Crippen LogP contribution < -0.4 is 0 Å². The van der Waals surface area contributed by atoms with Gasteiger partial charge >= 0.3 is 0 Å². The van der Waals surface area contributed by atoms with Crippen LogP contribution in [0.3, 0.4) is 0 Å². The molecule has 1 aromatic carbocycles. The number of hydrogen-bond donors (Lipinski definition) is 1. The highest BCUT2D eigenvalue weighted by Crippen LogP contribution is 2.31. The molecule has 142 valence electrons. The van der Waals surface area contributed by atoms with E-state index in [1.54, 1.807) is 29.1 Å². The van der Waals surface area contributed by atoms with Gasteiger partial charge in [0.05, 0.1) is 17.3 Å². The summed E-state index contributed by atoms with van der Waals surface area (Å²) in [5.41, 5.74) is -0.415. The lowest BCUT2D eigenvalue weighted by Crippen LogP contribution is -2.53. The van der Waals surface area contributed by atoms with Gasteiger partial charge in [-0.25, -0.2) is 13.5 Å². The van der Waals surface area contributed by atoms with Gasteiger partial charge in [0.15, 0.2) is 0 Å². The number of nitrogens with zero attached hydrogens (tertiary/aromatic N) is 4. The molecule has 0 saturated carbocycles. The zero-order valence-electron chi connectivity index (χ0n) is 14.8. The highest BCUT2D eigenvalue weighted by molar-refractivity contribution is 5.85. The number of piperidine rings is 1. The first kappa shape index (κ1) is 19.0. The molecule has 27 heavy (non-hydrogen) atoms. The van der Waals surface area contributed by atoms with E-state index in [-0.39, 0.29) is 19.0 Å². The highest BCUT2D eigenvalue weighted by Gasteiger charge is 2.44. The Morgan fingerprint density at radius 2 is 2.07 bits per heavy atom. The highest BCUT2D eigenvalue weighted by atomic mass is 19.3. The third kappa shape index (κ3) is 3.69. The molecule has 1 aromatic heterocycles. The molecule has 1 aliphatic rings. The number of amides is 1. The number of carbonyl (C=O) groups is 1. The number of benzene rings is 1. The molecule has 0 spiro atoms. The molecule has 6 nitrogen and oxygen atoms in total. The van der Waals surface area contributed by atoms with E-state index in [4.69, 9.17) is 5.26 Å². The summed E-state index contributed by atoms with van der Waals surface area (Å²) in [4.78, 5) is 13.5. The van der Waals surface area contributed by atoms with Crippen molar-refractivity contribution in [3.63, 3.8) is 0 Å². The Morgan fingerprint density at radius 3 is 2.70 bits per heavy atom. The van der Waals surface area contributed by atoms with Crippen LogP contribution in [0.1, 0.15) is 36.9 Å². The second-order valence-corrected chi connectivity index (χ2v) is 6.84. The van der Waals surface area contributed by atoms with E-state index in [9.17, 15) is 18.7 Å². The summed E-state index contributed by atoms with van der Waals surface area (Å²) >= 11 is 0. The van der Waals surface area contributed by atoms with Crippen molar-refractivity contribution in [2.45, 2.75) is 37.7 Å². The lowest BCUT2D eigenvalue weighted by molar-refractivity contribution is -0.166. The van der Waals surface area contributed by atoms with Gasteiger partial charge in [-0.1, -0.05) is 6.07 Å². The molecule has 0 aliphatic carbocycles. The van der Waals surface area contributed by atoms with Crippen LogP contribution in [0.15, 0.2) is 36.5 Å². The van der Waals surface area contributed by atoms with Gasteiger partial charge in [0, 0.05) is 30.9 Å². The normalized spacial score (nSPS) is 17.6. The summed E-state index contributed by atoms with van der Waals surface area (Å²) in [6.45, 7) is 1.43. The lowest BCUT2D eigenvalue weighted by atomic mass is 9.92. The number of alkyl halides is 2. The van der Waals surface area contributed by atoms with Crippen molar-refractivity contribution >= 4 is 5.91 Å². The van der Waals surface area contributed by atoms with E-state index < -0.39 is 17.9 Å². The molecule has 1 N–H and O–H groups in total. The fourth-order valence-corrected chi connectivity index (χ4v) is 3.34. The van der Waals surface area contributed by atoms with E-state index in [0.717, 1.165) is 18.3 Å². The molecule has 3 rings (SSSR count). The van der Waals surface area contributed by atoms with Crippen molar-refractivity contribution in [3.05, 3.63) is 47.8 Å². The van der Waals surface area contributed by atoms with Crippen LogP contribution in [0.2, 0.25) is 0 Å². The molecule has 2 heterocycles. The number of aromatic nitrogens is 2. The first-order valence-electron chi connectivity index (χ1n) is 8.69. The average Bonchev–Trinajstić information content (AvgIpc) is 3.17. The van der Waals surface area contributed by atoms with E-state index in [1.807, 2.05) is 12.1 Å². The standard InChI is InChI=1S/C19H20F2N4O2/c1-19(27,17(20)21)18(26)24-9-6-14(7-10-24)16-5-8-23-25(16)15-4-2-3-13(11-15)12-22/h2-5,8,11,14,17,27H,6-7,9-10H2,1H3/t19-/m0/s1. The maximum Gasteiger partial charge on any atom is 0.275 e. The Morgan fingerprint density at radius 1 is 1.37 bits per heavy atom. The number of nitriles is 1. The van der Waals surface area contributed by atoms with E-state index in [1.165, 1.54) is 4.90 Å². The molecule has 1 atom stereocenters. The third-order valence-electron chi connectivity index (χ3n) is 4.95. The van der Waals surface area contributed by atoms with Crippen LogP contribution in [0.5, 0.6) is 0 Å². The van der Waals surface area contributed by atoms with Gasteiger partial charge in [0.25, 0.3) is 12.3 Å². The van der Waals surface area contributed by atoms with Gasteiger partial charge in [-0.3, -0.25) is 4.79 Å². The Balaban J connectivity index is 1.74. The fourth-order valence-electron chi connectivity index (χ4n) is 3.34. The van der Waals surface area contributed by atoms with Gasteiger partial charge in [-0.15, -0.1) is 0 Å². The Hall–Kier alpha value is -2.79. The van der Waals surface area contributed by atoms with Crippen LogP contribution in [0.4, 0.5) is 8.78 Å². The van der Waals surface area contributed by atoms with Crippen molar-refractivity contribution in [1.82, 2.24) is 14.7 Å². The van der Waals surface area contributed by atoms with Crippen molar-refractivity contribution in [2.75, 3.05) is 13.1 Å². The van der Waals surface area contributed by atoms with E-state index in [0.29, 0.717) is 18.4 Å². The molecule has 1 aliphatic heterocycles. The Labute approximate surface area is 155 Å².